The molecule has 0 spiro atoms. The molecule has 2 amide bonds. The number of hydrogen-bond acceptors (Lipinski definition) is 2. The van der Waals surface area contributed by atoms with Crippen molar-refractivity contribution in [2.24, 2.45) is 0 Å². The second-order valence-electron chi connectivity index (χ2n) is 4.05. The van der Waals surface area contributed by atoms with Gasteiger partial charge in [-0.3, -0.25) is 9.69 Å². The van der Waals surface area contributed by atoms with Crippen LogP contribution in [-0.4, -0.2) is 30.2 Å². The zero-order chi connectivity index (χ0) is 14.3. The summed E-state index contributed by atoms with van der Waals surface area (Å²) >= 11 is 5.85. The summed E-state index contributed by atoms with van der Waals surface area (Å²) in [5.74, 6) is -1.08. The normalized spacial score (nSPS) is 10.0. The summed E-state index contributed by atoms with van der Waals surface area (Å²) in [5, 5.41) is 12.0. The molecule has 0 heterocycles. The number of carboxylic acid groups (broad SMARTS) is 1. The van der Waals surface area contributed by atoms with Gasteiger partial charge in [-0.25, -0.2) is 4.79 Å². The molecule has 1 aromatic rings. The Labute approximate surface area is 117 Å². The number of nitrogens with one attached hydrogen (secondary N) is 1. The first kappa shape index (κ1) is 15.3. The van der Waals surface area contributed by atoms with Crippen molar-refractivity contribution >= 4 is 29.3 Å². The molecule has 0 fully saturated rings. The Hall–Kier alpha value is -1.75. The van der Waals surface area contributed by atoms with E-state index in [0.717, 1.165) is 17.7 Å². The number of carbonyl (C=O) groups excluding carboxylic acids is 1. The molecule has 1 rings (SSSR count). The van der Waals surface area contributed by atoms with Crippen molar-refractivity contribution in [1.29, 1.82) is 0 Å². The third-order valence-corrected chi connectivity index (χ3v) is 2.70. The molecule has 0 aliphatic heterocycles. The molecule has 0 saturated heterocycles. The number of benzene rings is 1. The highest BCUT2D eigenvalue weighted by molar-refractivity contribution is 6.30. The number of aliphatic carboxylic acids is 1. The number of amides is 2. The first-order chi connectivity index (χ1) is 9.04. The van der Waals surface area contributed by atoms with Gasteiger partial charge >= 0.3 is 12.0 Å². The van der Waals surface area contributed by atoms with Gasteiger partial charge < -0.3 is 10.4 Å². The van der Waals surface area contributed by atoms with Crippen LogP contribution in [0, 0.1) is 0 Å². The van der Waals surface area contributed by atoms with Crippen LogP contribution < -0.4 is 10.2 Å². The summed E-state index contributed by atoms with van der Waals surface area (Å²) in [6, 6.07) is 6.11. The largest absolute Gasteiger partial charge is 0.480 e. The molecule has 104 valence electrons. The Morgan fingerprint density at radius 1 is 1.42 bits per heavy atom. The fraction of sp³-hybridized carbons (Fsp3) is 0.385. The van der Waals surface area contributed by atoms with E-state index >= 15 is 0 Å². The SMILES string of the molecule is CCCCNC(=O)N(CC(=O)O)c1cccc(Cl)c1. The lowest BCUT2D eigenvalue weighted by atomic mass is 10.3. The number of hydrogen-bond donors (Lipinski definition) is 2. The number of carbonyl (C=O) groups is 2. The van der Waals surface area contributed by atoms with E-state index in [1.54, 1.807) is 24.3 Å². The highest BCUT2D eigenvalue weighted by Gasteiger charge is 2.18. The van der Waals surface area contributed by atoms with Crippen LogP contribution in [0.5, 0.6) is 0 Å². The first-order valence-corrected chi connectivity index (χ1v) is 6.45. The molecule has 2 N–H and O–H groups in total. The molecule has 0 saturated carbocycles. The number of halogens is 1. The Balaban J connectivity index is 2.82. The van der Waals surface area contributed by atoms with Crippen LogP contribution in [0.4, 0.5) is 10.5 Å². The number of rotatable bonds is 6. The molecule has 0 atom stereocenters. The van der Waals surface area contributed by atoms with Gasteiger partial charge in [0.1, 0.15) is 6.54 Å². The van der Waals surface area contributed by atoms with E-state index in [9.17, 15) is 9.59 Å². The molecule has 0 aliphatic carbocycles. The molecule has 1 aromatic carbocycles. The van der Waals surface area contributed by atoms with Crippen LogP contribution in [0.15, 0.2) is 24.3 Å². The van der Waals surface area contributed by atoms with Crippen LogP contribution in [0.2, 0.25) is 5.02 Å². The van der Waals surface area contributed by atoms with Crippen LogP contribution in [0.25, 0.3) is 0 Å². The Morgan fingerprint density at radius 3 is 2.74 bits per heavy atom. The van der Waals surface area contributed by atoms with Gasteiger partial charge in [0.25, 0.3) is 0 Å². The Bertz CT molecular complexity index is 451. The summed E-state index contributed by atoms with van der Waals surface area (Å²) in [6.07, 6.45) is 1.80. The number of anilines is 1. The number of carboxylic acids is 1. The molecular formula is C13H17ClN2O3. The number of urea groups is 1. The predicted octanol–water partition coefficient (Wildman–Crippen LogP) is 2.74. The van der Waals surface area contributed by atoms with E-state index < -0.39 is 18.5 Å². The van der Waals surface area contributed by atoms with Gasteiger partial charge in [0.05, 0.1) is 0 Å². The summed E-state index contributed by atoms with van der Waals surface area (Å²) in [6.45, 7) is 2.13. The van der Waals surface area contributed by atoms with E-state index in [0.29, 0.717) is 17.3 Å². The lowest BCUT2D eigenvalue weighted by molar-refractivity contribution is -0.135. The van der Waals surface area contributed by atoms with Crippen molar-refractivity contribution in [3.05, 3.63) is 29.3 Å². The third-order valence-electron chi connectivity index (χ3n) is 2.46. The predicted molar refractivity (Wildman–Crippen MR) is 74.7 cm³/mol. The standard InChI is InChI=1S/C13H17ClN2O3/c1-2-3-7-15-13(19)16(9-12(17)18)11-6-4-5-10(14)8-11/h4-6,8H,2-3,7,9H2,1H3,(H,15,19)(H,17,18). The highest BCUT2D eigenvalue weighted by Crippen LogP contribution is 2.19. The van der Waals surface area contributed by atoms with Gasteiger partial charge in [-0.2, -0.15) is 0 Å². The van der Waals surface area contributed by atoms with E-state index in [-0.39, 0.29) is 0 Å². The molecule has 0 radical (unpaired) electrons. The van der Waals surface area contributed by atoms with Crippen LogP contribution in [0.3, 0.4) is 0 Å². The quantitative estimate of drug-likeness (QED) is 0.789. The van der Waals surface area contributed by atoms with Crippen molar-refractivity contribution in [1.82, 2.24) is 5.32 Å². The maximum atomic E-state index is 12.0. The van der Waals surface area contributed by atoms with E-state index in [1.807, 2.05) is 6.92 Å². The number of unbranched alkanes of at least 4 members (excludes halogenated alkanes) is 1. The summed E-state index contributed by atoms with van der Waals surface area (Å²) < 4.78 is 0. The molecule has 0 aromatic heterocycles. The fourth-order valence-electron chi connectivity index (χ4n) is 1.53. The summed E-state index contributed by atoms with van der Waals surface area (Å²) in [5.41, 5.74) is 0.462. The Kier molecular flexibility index (Phi) is 6.15. The number of nitrogens with zero attached hydrogens (tertiary/aromatic N) is 1. The van der Waals surface area contributed by atoms with Gasteiger partial charge in [0.2, 0.25) is 0 Å². The lowest BCUT2D eigenvalue weighted by Crippen LogP contribution is -2.43. The average Bonchev–Trinajstić information content (AvgIpc) is 2.36. The molecule has 0 unspecified atom stereocenters. The smallest absolute Gasteiger partial charge is 0.323 e. The minimum atomic E-state index is -1.08. The van der Waals surface area contributed by atoms with Gasteiger partial charge in [-0.1, -0.05) is 31.0 Å². The van der Waals surface area contributed by atoms with Crippen molar-refractivity contribution in [2.75, 3.05) is 18.0 Å². The van der Waals surface area contributed by atoms with Crippen molar-refractivity contribution in [3.63, 3.8) is 0 Å². The average molecular weight is 285 g/mol. The van der Waals surface area contributed by atoms with Crippen LogP contribution in [-0.2, 0) is 4.79 Å². The van der Waals surface area contributed by atoms with E-state index in [1.165, 1.54) is 0 Å². The van der Waals surface area contributed by atoms with E-state index in [4.69, 9.17) is 16.7 Å². The highest BCUT2D eigenvalue weighted by atomic mass is 35.5. The minimum Gasteiger partial charge on any atom is -0.480 e. The Morgan fingerprint density at radius 2 is 2.16 bits per heavy atom. The molecule has 0 aliphatic rings. The molecule has 19 heavy (non-hydrogen) atoms. The zero-order valence-electron chi connectivity index (χ0n) is 10.7. The van der Waals surface area contributed by atoms with Gasteiger partial charge in [0, 0.05) is 17.3 Å². The van der Waals surface area contributed by atoms with Crippen molar-refractivity contribution < 1.29 is 14.7 Å². The monoisotopic (exact) mass is 284 g/mol. The zero-order valence-corrected chi connectivity index (χ0v) is 11.5. The van der Waals surface area contributed by atoms with Crippen LogP contribution >= 0.6 is 11.6 Å². The topological polar surface area (TPSA) is 69.6 Å². The summed E-state index contributed by atoms with van der Waals surface area (Å²) in [7, 11) is 0. The van der Waals surface area contributed by atoms with Crippen molar-refractivity contribution in [2.45, 2.75) is 19.8 Å². The second-order valence-corrected chi connectivity index (χ2v) is 4.48. The van der Waals surface area contributed by atoms with Crippen molar-refractivity contribution in [3.8, 4) is 0 Å². The maximum Gasteiger partial charge on any atom is 0.323 e. The van der Waals surface area contributed by atoms with E-state index in [2.05, 4.69) is 5.32 Å². The molecule has 6 heteroatoms. The summed E-state index contributed by atoms with van der Waals surface area (Å²) in [4.78, 5) is 24.0. The van der Waals surface area contributed by atoms with Gasteiger partial charge in [-0.05, 0) is 24.6 Å². The fourth-order valence-corrected chi connectivity index (χ4v) is 1.71. The minimum absolute atomic E-state index is 0.404. The maximum absolute atomic E-state index is 12.0. The molecule has 5 nitrogen and oxygen atoms in total. The third kappa shape index (κ3) is 5.18. The van der Waals surface area contributed by atoms with Gasteiger partial charge in [-0.15, -0.1) is 0 Å². The first-order valence-electron chi connectivity index (χ1n) is 6.07. The van der Waals surface area contributed by atoms with Gasteiger partial charge in [0.15, 0.2) is 0 Å². The molecular weight excluding hydrogens is 268 g/mol. The lowest BCUT2D eigenvalue weighted by Gasteiger charge is -2.21. The second kappa shape index (κ2) is 7.63. The molecule has 0 bridgehead atoms. The van der Waals surface area contributed by atoms with Crippen LogP contribution in [0.1, 0.15) is 19.8 Å².